The van der Waals surface area contributed by atoms with Crippen molar-refractivity contribution in [3.05, 3.63) is 82.2 Å². The van der Waals surface area contributed by atoms with Gasteiger partial charge in [0.15, 0.2) is 6.10 Å². The fraction of sp³-hybridized carbons (Fsp3) is 0.367. The number of rotatable bonds is 10. The van der Waals surface area contributed by atoms with E-state index in [0.717, 1.165) is 72.0 Å². The third kappa shape index (κ3) is 6.77. The van der Waals surface area contributed by atoms with Gasteiger partial charge >= 0.3 is 0 Å². The van der Waals surface area contributed by atoms with E-state index in [2.05, 4.69) is 32.4 Å². The number of benzene rings is 3. The lowest BCUT2D eigenvalue weighted by Crippen LogP contribution is -2.47. The number of fused-ring (bicyclic) bond motifs is 1. The van der Waals surface area contributed by atoms with Gasteiger partial charge in [0.1, 0.15) is 17.3 Å². The number of anilines is 2. The van der Waals surface area contributed by atoms with Crippen LogP contribution in [0.5, 0.6) is 11.5 Å². The molecule has 3 aromatic carbocycles. The van der Waals surface area contributed by atoms with Crippen molar-refractivity contribution in [3.63, 3.8) is 0 Å². The lowest BCUT2D eigenvalue weighted by atomic mass is 10.1. The second kappa shape index (κ2) is 12.8. The first-order valence-corrected chi connectivity index (χ1v) is 14.3. The minimum absolute atomic E-state index is 0.00261. The first-order chi connectivity index (χ1) is 18.6. The molecule has 5 rings (SSSR count). The minimum atomic E-state index is -0.548. The Hall–Kier alpha value is -2.85. The Morgan fingerprint density at radius 3 is 2.37 bits per heavy atom. The zero-order valence-electron chi connectivity index (χ0n) is 21.4. The number of ether oxygens (including phenoxy) is 2. The number of para-hydroxylation sites is 2. The second-order valence-corrected chi connectivity index (χ2v) is 10.9. The van der Waals surface area contributed by atoms with Crippen LogP contribution in [0.2, 0.25) is 0 Å². The molecule has 1 fully saturated rings. The van der Waals surface area contributed by atoms with E-state index in [1.54, 1.807) is 0 Å². The van der Waals surface area contributed by atoms with Gasteiger partial charge in [-0.25, -0.2) is 4.39 Å². The smallest absolute Gasteiger partial charge is 0.268 e. The van der Waals surface area contributed by atoms with E-state index in [-0.39, 0.29) is 11.7 Å². The van der Waals surface area contributed by atoms with Crippen LogP contribution in [0.1, 0.15) is 19.3 Å². The standard InChI is InChI=1S/C30H33FIN3O3/c31-23-7-11-25(12-8-23)34-20-18-33(19-21-34)16-3-4-17-35-27-5-1-2-6-28(27)38-29(30(35)36)15-22-37-26-13-9-24(32)10-14-26/h1-2,5-14,29H,3-4,15-22H2. The van der Waals surface area contributed by atoms with Crippen molar-refractivity contribution in [1.29, 1.82) is 0 Å². The maximum absolute atomic E-state index is 13.4. The number of hydrogen-bond acceptors (Lipinski definition) is 5. The molecule has 1 saturated heterocycles. The fourth-order valence-electron chi connectivity index (χ4n) is 4.99. The average molecular weight is 630 g/mol. The molecule has 3 aromatic rings. The van der Waals surface area contributed by atoms with E-state index in [1.807, 2.05) is 65.6 Å². The van der Waals surface area contributed by atoms with Crippen LogP contribution in [0.25, 0.3) is 0 Å². The van der Waals surface area contributed by atoms with Crippen LogP contribution in [0.4, 0.5) is 15.8 Å². The van der Waals surface area contributed by atoms with E-state index < -0.39 is 6.10 Å². The van der Waals surface area contributed by atoms with Crippen LogP contribution >= 0.6 is 22.6 Å². The molecule has 0 saturated carbocycles. The molecular weight excluding hydrogens is 596 g/mol. The topological polar surface area (TPSA) is 45.3 Å². The summed E-state index contributed by atoms with van der Waals surface area (Å²) in [5.41, 5.74) is 1.93. The molecule has 2 heterocycles. The Morgan fingerprint density at radius 2 is 1.61 bits per heavy atom. The number of carbonyl (C=O) groups is 1. The summed E-state index contributed by atoms with van der Waals surface area (Å²) in [4.78, 5) is 20.0. The zero-order chi connectivity index (χ0) is 26.3. The Morgan fingerprint density at radius 1 is 0.895 bits per heavy atom. The highest BCUT2D eigenvalue weighted by molar-refractivity contribution is 14.1. The maximum atomic E-state index is 13.4. The van der Waals surface area contributed by atoms with E-state index in [0.29, 0.717) is 19.6 Å². The van der Waals surface area contributed by atoms with Gasteiger partial charge in [-0.15, -0.1) is 0 Å². The number of piperazine rings is 1. The number of halogens is 2. The molecule has 0 spiro atoms. The third-order valence-corrected chi connectivity index (χ3v) is 7.82. The molecule has 0 radical (unpaired) electrons. The van der Waals surface area contributed by atoms with Gasteiger partial charge in [-0.3, -0.25) is 9.69 Å². The number of hydrogen-bond donors (Lipinski definition) is 0. The molecule has 1 amide bonds. The van der Waals surface area contributed by atoms with E-state index >= 15 is 0 Å². The normalized spacial score (nSPS) is 17.7. The summed E-state index contributed by atoms with van der Waals surface area (Å²) >= 11 is 2.26. The van der Waals surface area contributed by atoms with Crippen molar-refractivity contribution in [1.82, 2.24) is 4.90 Å². The number of amides is 1. The first kappa shape index (κ1) is 26.7. The second-order valence-electron chi connectivity index (χ2n) is 9.67. The average Bonchev–Trinajstić information content (AvgIpc) is 2.94. The van der Waals surface area contributed by atoms with Crippen LogP contribution in [0, 0.1) is 9.39 Å². The number of unbranched alkanes of at least 4 members (excludes halogenated alkanes) is 1. The van der Waals surface area contributed by atoms with Crippen molar-refractivity contribution in [2.24, 2.45) is 0 Å². The highest BCUT2D eigenvalue weighted by atomic mass is 127. The van der Waals surface area contributed by atoms with E-state index in [4.69, 9.17) is 9.47 Å². The van der Waals surface area contributed by atoms with E-state index in [9.17, 15) is 9.18 Å². The van der Waals surface area contributed by atoms with E-state index in [1.165, 1.54) is 12.1 Å². The monoisotopic (exact) mass is 629 g/mol. The lowest BCUT2D eigenvalue weighted by molar-refractivity contribution is -0.126. The van der Waals surface area contributed by atoms with Crippen LogP contribution in [0.15, 0.2) is 72.8 Å². The zero-order valence-corrected chi connectivity index (χ0v) is 23.6. The third-order valence-electron chi connectivity index (χ3n) is 7.10. The van der Waals surface area contributed by atoms with Crippen LogP contribution in [0.3, 0.4) is 0 Å². The molecular formula is C30H33FIN3O3. The van der Waals surface area contributed by atoms with Crippen molar-refractivity contribution >= 4 is 39.9 Å². The highest BCUT2D eigenvalue weighted by Crippen LogP contribution is 2.34. The summed E-state index contributed by atoms with van der Waals surface area (Å²) < 4.78 is 26.3. The van der Waals surface area contributed by atoms with Gasteiger partial charge in [-0.05, 0) is 103 Å². The van der Waals surface area contributed by atoms with Crippen LogP contribution in [-0.2, 0) is 4.79 Å². The summed E-state index contributed by atoms with van der Waals surface area (Å²) in [7, 11) is 0. The van der Waals surface area contributed by atoms with Gasteiger partial charge in [-0.2, -0.15) is 0 Å². The van der Waals surface area contributed by atoms with Crippen molar-refractivity contribution in [2.45, 2.75) is 25.4 Å². The van der Waals surface area contributed by atoms with Gasteiger partial charge in [0, 0.05) is 48.4 Å². The molecule has 8 heteroatoms. The predicted octanol–water partition coefficient (Wildman–Crippen LogP) is 5.60. The molecule has 200 valence electrons. The Bertz CT molecular complexity index is 1200. The summed E-state index contributed by atoms with van der Waals surface area (Å²) in [6.45, 7) is 5.93. The molecule has 2 aliphatic heterocycles. The van der Waals surface area contributed by atoms with Crippen LogP contribution in [-0.4, -0.2) is 62.8 Å². The molecule has 1 unspecified atom stereocenters. The Balaban J connectivity index is 1.09. The summed E-state index contributed by atoms with van der Waals surface area (Å²) in [5, 5.41) is 0. The SMILES string of the molecule is O=C1C(CCOc2ccc(I)cc2)Oc2ccccc2N1CCCCN1CCN(c2ccc(F)cc2)CC1. The predicted molar refractivity (Wildman–Crippen MR) is 157 cm³/mol. The van der Waals surface area contributed by atoms with Gasteiger partial charge in [0.05, 0.1) is 12.3 Å². The molecule has 0 aromatic heterocycles. The molecule has 0 aliphatic carbocycles. The van der Waals surface area contributed by atoms with Crippen molar-refractivity contribution in [2.75, 3.05) is 55.7 Å². The quantitative estimate of drug-likeness (QED) is 0.216. The summed E-state index contributed by atoms with van der Waals surface area (Å²) in [6, 6.07) is 22.4. The first-order valence-electron chi connectivity index (χ1n) is 13.2. The van der Waals surface area contributed by atoms with Crippen molar-refractivity contribution in [3.8, 4) is 11.5 Å². The molecule has 38 heavy (non-hydrogen) atoms. The van der Waals surface area contributed by atoms with Gasteiger partial charge in [-0.1, -0.05) is 12.1 Å². The molecule has 0 bridgehead atoms. The minimum Gasteiger partial charge on any atom is -0.493 e. The fourth-order valence-corrected chi connectivity index (χ4v) is 5.35. The molecule has 1 atom stereocenters. The number of nitrogens with zero attached hydrogens (tertiary/aromatic N) is 3. The van der Waals surface area contributed by atoms with Gasteiger partial charge < -0.3 is 19.3 Å². The van der Waals surface area contributed by atoms with Gasteiger partial charge in [0.2, 0.25) is 0 Å². The maximum Gasteiger partial charge on any atom is 0.268 e. The Labute approximate surface area is 237 Å². The van der Waals surface area contributed by atoms with Crippen molar-refractivity contribution < 1.29 is 18.7 Å². The summed E-state index contributed by atoms with van der Waals surface area (Å²) in [5.74, 6) is 1.35. The lowest BCUT2D eigenvalue weighted by Gasteiger charge is -2.36. The molecule has 6 nitrogen and oxygen atoms in total. The Kier molecular flexibility index (Phi) is 9.01. The summed E-state index contributed by atoms with van der Waals surface area (Å²) in [6.07, 6.45) is 1.88. The molecule has 2 aliphatic rings. The largest absolute Gasteiger partial charge is 0.493 e. The van der Waals surface area contributed by atoms with Crippen LogP contribution < -0.4 is 19.3 Å². The highest BCUT2D eigenvalue weighted by Gasteiger charge is 2.33. The van der Waals surface area contributed by atoms with Gasteiger partial charge in [0.25, 0.3) is 5.91 Å². The number of carbonyl (C=O) groups excluding carboxylic acids is 1. The molecule has 0 N–H and O–H groups in total.